The normalized spacial score (nSPS) is 11.1. The molecule has 98 valence electrons. The van der Waals surface area contributed by atoms with Crippen molar-refractivity contribution in [2.24, 2.45) is 5.73 Å². The van der Waals surface area contributed by atoms with Gasteiger partial charge in [-0.3, -0.25) is 0 Å². The monoisotopic (exact) mass is 275 g/mol. The summed E-state index contributed by atoms with van der Waals surface area (Å²) in [5.74, 6) is 0.691. The van der Waals surface area contributed by atoms with Crippen LogP contribution in [0.5, 0.6) is 0 Å². The summed E-state index contributed by atoms with van der Waals surface area (Å²) in [6.45, 7) is 4.31. The smallest absolute Gasteiger partial charge is 0.212 e. The van der Waals surface area contributed by atoms with Gasteiger partial charge >= 0.3 is 0 Å². The summed E-state index contributed by atoms with van der Waals surface area (Å²) in [5, 5.41) is 9.01. The number of aryl methyl sites for hydroxylation is 2. The van der Waals surface area contributed by atoms with E-state index in [1.54, 1.807) is 22.3 Å². The van der Waals surface area contributed by atoms with Crippen LogP contribution in [-0.4, -0.2) is 20.0 Å². The fraction of sp³-hybridized carbons (Fsp3) is 0.250. The quantitative estimate of drug-likeness (QED) is 0.791. The molecule has 0 aromatic carbocycles. The van der Waals surface area contributed by atoms with Crippen LogP contribution in [0.4, 0.5) is 0 Å². The minimum absolute atomic E-state index is 0.305. The molecule has 19 heavy (non-hydrogen) atoms. The molecule has 0 aliphatic heterocycles. The maximum absolute atomic E-state index is 5.71. The Hall–Kier alpha value is -1.99. The molecule has 0 unspecified atom stereocenters. The Balaban J connectivity index is 2.19. The number of furan rings is 1. The van der Waals surface area contributed by atoms with Gasteiger partial charge in [0.15, 0.2) is 5.76 Å². The van der Waals surface area contributed by atoms with E-state index in [4.69, 9.17) is 10.2 Å². The second kappa shape index (κ2) is 4.60. The third-order valence-corrected chi connectivity index (χ3v) is 3.93. The number of hydrogen-bond acceptors (Lipinski definition) is 6. The largest absolute Gasteiger partial charge is 0.463 e. The van der Waals surface area contributed by atoms with Crippen LogP contribution in [-0.2, 0) is 6.54 Å². The molecule has 6 nitrogen and oxygen atoms in total. The van der Waals surface area contributed by atoms with Crippen LogP contribution in [0, 0.1) is 13.8 Å². The van der Waals surface area contributed by atoms with Crippen molar-refractivity contribution < 1.29 is 4.42 Å². The van der Waals surface area contributed by atoms with Gasteiger partial charge in [-0.05, 0) is 26.0 Å². The van der Waals surface area contributed by atoms with Crippen molar-refractivity contribution in [1.82, 2.24) is 20.0 Å². The van der Waals surface area contributed by atoms with Crippen molar-refractivity contribution in [1.29, 1.82) is 0 Å². The summed E-state index contributed by atoms with van der Waals surface area (Å²) < 4.78 is 7.13. The van der Waals surface area contributed by atoms with Crippen LogP contribution >= 0.6 is 11.3 Å². The van der Waals surface area contributed by atoms with Crippen molar-refractivity contribution in [2.45, 2.75) is 20.4 Å². The second-order valence-corrected chi connectivity index (χ2v) is 5.30. The maximum atomic E-state index is 5.71. The number of hydrogen-bond donors (Lipinski definition) is 1. The van der Waals surface area contributed by atoms with Gasteiger partial charge in [0.05, 0.1) is 12.0 Å². The molecule has 3 rings (SSSR count). The lowest BCUT2D eigenvalue weighted by atomic mass is 10.2. The van der Waals surface area contributed by atoms with Gasteiger partial charge in [-0.2, -0.15) is 4.68 Å². The van der Waals surface area contributed by atoms with Crippen LogP contribution in [0.1, 0.15) is 16.3 Å². The predicted octanol–water partition coefficient (Wildman–Crippen LogP) is 2.06. The van der Waals surface area contributed by atoms with Crippen molar-refractivity contribution in [3.63, 3.8) is 0 Å². The Bertz CT molecular complexity index is 678. The third kappa shape index (κ3) is 1.96. The minimum Gasteiger partial charge on any atom is -0.463 e. The van der Waals surface area contributed by atoms with Gasteiger partial charge < -0.3 is 10.2 Å². The molecule has 0 aliphatic carbocycles. The highest BCUT2D eigenvalue weighted by atomic mass is 32.1. The van der Waals surface area contributed by atoms with E-state index in [0.717, 1.165) is 21.4 Å². The van der Waals surface area contributed by atoms with Gasteiger partial charge in [0.25, 0.3) is 0 Å². The molecule has 0 fully saturated rings. The lowest BCUT2D eigenvalue weighted by Gasteiger charge is -2.01. The summed E-state index contributed by atoms with van der Waals surface area (Å²) in [6.07, 6.45) is 1.62. The van der Waals surface area contributed by atoms with Crippen molar-refractivity contribution in [2.75, 3.05) is 0 Å². The molecule has 0 bridgehead atoms. The first-order valence-corrected chi connectivity index (χ1v) is 6.65. The fourth-order valence-corrected chi connectivity index (χ4v) is 2.65. The molecule has 3 aromatic heterocycles. The molecule has 2 N–H and O–H groups in total. The lowest BCUT2D eigenvalue weighted by molar-refractivity contribution is 0.576. The lowest BCUT2D eigenvalue weighted by Crippen LogP contribution is -2.01. The van der Waals surface area contributed by atoms with E-state index in [0.29, 0.717) is 18.0 Å². The van der Waals surface area contributed by atoms with Crippen molar-refractivity contribution in [3.8, 4) is 16.6 Å². The van der Waals surface area contributed by atoms with E-state index in [1.807, 2.05) is 26.0 Å². The highest BCUT2D eigenvalue weighted by molar-refractivity contribution is 7.14. The average molecular weight is 275 g/mol. The Labute approximate surface area is 113 Å². The van der Waals surface area contributed by atoms with Crippen LogP contribution in [0.2, 0.25) is 0 Å². The molecule has 0 spiro atoms. The van der Waals surface area contributed by atoms with Gasteiger partial charge in [-0.1, -0.05) is 16.6 Å². The molecule has 0 aliphatic rings. The highest BCUT2D eigenvalue weighted by Gasteiger charge is 2.19. The summed E-state index contributed by atoms with van der Waals surface area (Å²) in [4.78, 5) is 5.65. The molecule has 3 heterocycles. The van der Waals surface area contributed by atoms with Crippen LogP contribution in [0.3, 0.4) is 0 Å². The van der Waals surface area contributed by atoms with Gasteiger partial charge in [0.1, 0.15) is 11.4 Å². The first kappa shape index (κ1) is 12.1. The van der Waals surface area contributed by atoms with Crippen LogP contribution < -0.4 is 5.73 Å². The third-order valence-electron chi connectivity index (χ3n) is 2.89. The Morgan fingerprint density at radius 2 is 2.26 bits per heavy atom. The first-order chi connectivity index (χ1) is 9.20. The Morgan fingerprint density at radius 1 is 1.42 bits per heavy atom. The summed E-state index contributed by atoms with van der Waals surface area (Å²) in [7, 11) is 0. The Morgan fingerprint density at radius 3 is 2.84 bits per heavy atom. The molecule has 0 atom stereocenters. The number of rotatable bonds is 3. The second-order valence-electron chi connectivity index (χ2n) is 4.12. The van der Waals surface area contributed by atoms with E-state index in [2.05, 4.69) is 15.3 Å². The molecule has 0 amide bonds. The summed E-state index contributed by atoms with van der Waals surface area (Å²) >= 11 is 1.57. The molecule has 3 aromatic rings. The maximum Gasteiger partial charge on any atom is 0.212 e. The van der Waals surface area contributed by atoms with Gasteiger partial charge in [0.2, 0.25) is 5.13 Å². The molecular weight excluding hydrogens is 262 g/mol. The standard InChI is InChI=1S/C12H13N5OS/c1-7-8(2)19-12(14-7)17-11(9(6-13)15-16-17)10-4-3-5-18-10/h3-5H,6,13H2,1-2H3. The van der Waals surface area contributed by atoms with Gasteiger partial charge in [0, 0.05) is 11.4 Å². The molecule has 7 heteroatoms. The van der Waals surface area contributed by atoms with E-state index >= 15 is 0 Å². The summed E-state index contributed by atoms with van der Waals surface area (Å²) in [6, 6.07) is 3.69. The predicted molar refractivity (Wildman–Crippen MR) is 72.1 cm³/mol. The highest BCUT2D eigenvalue weighted by Crippen LogP contribution is 2.28. The Kier molecular flexibility index (Phi) is 2.92. The number of aromatic nitrogens is 4. The van der Waals surface area contributed by atoms with E-state index in [1.165, 1.54) is 0 Å². The topological polar surface area (TPSA) is 82.8 Å². The van der Waals surface area contributed by atoms with E-state index in [9.17, 15) is 0 Å². The van der Waals surface area contributed by atoms with E-state index < -0.39 is 0 Å². The van der Waals surface area contributed by atoms with Gasteiger partial charge in [-0.15, -0.1) is 5.10 Å². The zero-order chi connectivity index (χ0) is 13.4. The minimum atomic E-state index is 0.305. The van der Waals surface area contributed by atoms with Gasteiger partial charge in [-0.25, -0.2) is 4.98 Å². The van der Waals surface area contributed by atoms with Crippen molar-refractivity contribution in [3.05, 3.63) is 34.7 Å². The van der Waals surface area contributed by atoms with E-state index in [-0.39, 0.29) is 0 Å². The average Bonchev–Trinajstić information content (AvgIpc) is 3.09. The van der Waals surface area contributed by atoms with Crippen LogP contribution in [0.25, 0.3) is 16.6 Å². The first-order valence-electron chi connectivity index (χ1n) is 5.83. The summed E-state index contributed by atoms with van der Waals surface area (Å²) in [5.41, 5.74) is 8.16. The fourth-order valence-electron chi connectivity index (χ4n) is 1.79. The van der Waals surface area contributed by atoms with Crippen molar-refractivity contribution >= 4 is 11.3 Å². The number of nitrogens with zero attached hydrogens (tertiary/aromatic N) is 4. The number of thiazole rings is 1. The molecule has 0 saturated carbocycles. The SMILES string of the molecule is Cc1nc(-n2nnc(CN)c2-c2ccco2)sc1C. The van der Waals surface area contributed by atoms with Crippen LogP contribution in [0.15, 0.2) is 22.8 Å². The number of nitrogens with two attached hydrogens (primary N) is 1. The zero-order valence-corrected chi connectivity index (χ0v) is 11.4. The molecule has 0 saturated heterocycles. The molecule has 0 radical (unpaired) electrons. The molecular formula is C12H13N5OS. The zero-order valence-electron chi connectivity index (χ0n) is 10.6.